The van der Waals surface area contributed by atoms with E-state index in [-0.39, 0.29) is 0 Å². The molecule has 0 fully saturated rings. The van der Waals surface area contributed by atoms with E-state index in [1.165, 1.54) is 16.7 Å². The quantitative estimate of drug-likeness (QED) is 0.676. The fourth-order valence-corrected chi connectivity index (χ4v) is 2.56. The van der Waals surface area contributed by atoms with E-state index < -0.39 is 0 Å². The van der Waals surface area contributed by atoms with Gasteiger partial charge in [0.25, 0.3) is 0 Å². The maximum absolute atomic E-state index is 4.61. The monoisotopic (exact) mass is 274 g/mol. The molecule has 0 unspecified atom stereocenters. The molecule has 3 rings (SSSR count). The summed E-state index contributed by atoms with van der Waals surface area (Å²) < 4.78 is 0. The molecule has 0 atom stereocenters. The molecule has 2 heterocycles. The molecular weight excluding hydrogens is 256 g/mol. The predicted molar refractivity (Wildman–Crippen MR) is 87.0 cm³/mol. The van der Waals surface area contributed by atoms with E-state index in [1.54, 1.807) is 0 Å². The van der Waals surface area contributed by atoms with Crippen LogP contribution in [0.25, 0.3) is 22.5 Å². The molecule has 0 bridgehead atoms. The first-order chi connectivity index (χ1) is 10.3. The first kappa shape index (κ1) is 13.5. The van der Waals surface area contributed by atoms with Crippen LogP contribution in [0.2, 0.25) is 0 Å². The van der Waals surface area contributed by atoms with Gasteiger partial charge in [0.2, 0.25) is 0 Å². The number of pyridine rings is 2. The second-order valence-electron chi connectivity index (χ2n) is 5.36. The van der Waals surface area contributed by atoms with Crippen LogP contribution < -0.4 is 0 Å². The number of benzene rings is 1. The Kier molecular flexibility index (Phi) is 3.78. The largest absolute Gasteiger partial charge is 0.255 e. The average molecular weight is 274 g/mol. The highest BCUT2D eigenvalue weighted by Crippen LogP contribution is 2.35. The highest BCUT2D eigenvalue weighted by molar-refractivity contribution is 5.82. The topological polar surface area (TPSA) is 25.8 Å². The van der Waals surface area contributed by atoms with Crippen LogP contribution >= 0.6 is 0 Å². The van der Waals surface area contributed by atoms with Crippen LogP contribution in [0, 0.1) is 0 Å². The molecule has 21 heavy (non-hydrogen) atoms. The zero-order valence-corrected chi connectivity index (χ0v) is 12.3. The first-order valence-electron chi connectivity index (χ1n) is 7.23. The van der Waals surface area contributed by atoms with Crippen LogP contribution in [0.1, 0.15) is 25.3 Å². The molecular formula is C19H18N2. The van der Waals surface area contributed by atoms with Crippen molar-refractivity contribution in [2.45, 2.75) is 19.8 Å². The fraction of sp³-hybridized carbons (Fsp3) is 0.158. The summed E-state index contributed by atoms with van der Waals surface area (Å²) in [6, 6.07) is 18.5. The van der Waals surface area contributed by atoms with Gasteiger partial charge in [-0.05, 0) is 35.2 Å². The van der Waals surface area contributed by atoms with Gasteiger partial charge in [-0.15, -0.1) is 0 Å². The SMILES string of the molecule is CC(C)c1ccnc(-c2ccccn2)c1-c1ccccc1. The lowest BCUT2D eigenvalue weighted by atomic mass is 9.91. The lowest BCUT2D eigenvalue weighted by molar-refractivity contribution is 0.866. The van der Waals surface area contributed by atoms with Crippen LogP contribution in [0.15, 0.2) is 67.0 Å². The molecule has 3 aromatic rings. The lowest BCUT2D eigenvalue weighted by Crippen LogP contribution is -1.98. The number of nitrogens with zero attached hydrogens (tertiary/aromatic N) is 2. The van der Waals surface area contributed by atoms with Crippen molar-refractivity contribution in [3.05, 3.63) is 72.6 Å². The molecule has 0 spiro atoms. The average Bonchev–Trinajstić information content (AvgIpc) is 2.55. The Morgan fingerprint density at radius 2 is 1.52 bits per heavy atom. The molecule has 2 aromatic heterocycles. The Morgan fingerprint density at radius 1 is 0.762 bits per heavy atom. The van der Waals surface area contributed by atoms with Crippen LogP contribution in [-0.4, -0.2) is 9.97 Å². The number of hydrogen-bond acceptors (Lipinski definition) is 2. The van der Waals surface area contributed by atoms with Crippen molar-refractivity contribution in [3.63, 3.8) is 0 Å². The summed E-state index contributed by atoms with van der Waals surface area (Å²) in [5, 5.41) is 0. The van der Waals surface area contributed by atoms with Gasteiger partial charge in [0.05, 0.1) is 11.4 Å². The minimum atomic E-state index is 0.436. The third kappa shape index (κ3) is 2.70. The predicted octanol–water partition coefficient (Wildman–Crippen LogP) is 4.93. The van der Waals surface area contributed by atoms with Gasteiger partial charge in [0, 0.05) is 18.0 Å². The Morgan fingerprint density at radius 3 is 2.19 bits per heavy atom. The third-order valence-electron chi connectivity index (χ3n) is 3.58. The first-order valence-corrected chi connectivity index (χ1v) is 7.23. The minimum absolute atomic E-state index is 0.436. The molecule has 0 aliphatic rings. The Balaban J connectivity index is 2.28. The molecule has 0 saturated carbocycles. The highest BCUT2D eigenvalue weighted by atomic mass is 14.8. The molecule has 0 aliphatic heterocycles. The zero-order valence-electron chi connectivity index (χ0n) is 12.3. The van der Waals surface area contributed by atoms with Crippen molar-refractivity contribution < 1.29 is 0 Å². The Bertz CT molecular complexity index is 719. The van der Waals surface area contributed by atoms with Crippen molar-refractivity contribution in [3.8, 4) is 22.5 Å². The van der Waals surface area contributed by atoms with Crippen molar-refractivity contribution in [2.75, 3.05) is 0 Å². The smallest absolute Gasteiger partial charge is 0.0967 e. The van der Waals surface area contributed by atoms with E-state index in [2.05, 4.69) is 54.1 Å². The van der Waals surface area contributed by atoms with Gasteiger partial charge in [-0.3, -0.25) is 9.97 Å². The van der Waals surface area contributed by atoms with E-state index in [1.807, 2.05) is 36.7 Å². The maximum Gasteiger partial charge on any atom is 0.0967 e. The van der Waals surface area contributed by atoms with Gasteiger partial charge < -0.3 is 0 Å². The highest BCUT2D eigenvalue weighted by Gasteiger charge is 2.16. The van der Waals surface area contributed by atoms with Crippen LogP contribution in [-0.2, 0) is 0 Å². The van der Waals surface area contributed by atoms with Crippen LogP contribution in [0.4, 0.5) is 0 Å². The fourth-order valence-electron chi connectivity index (χ4n) is 2.56. The lowest BCUT2D eigenvalue weighted by Gasteiger charge is -2.16. The summed E-state index contributed by atoms with van der Waals surface area (Å²) in [5.74, 6) is 0.436. The van der Waals surface area contributed by atoms with E-state index in [4.69, 9.17) is 0 Å². The zero-order chi connectivity index (χ0) is 14.7. The minimum Gasteiger partial charge on any atom is -0.255 e. The molecule has 0 amide bonds. The number of hydrogen-bond donors (Lipinski definition) is 0. The molecule has 2 nitrogen and oxygen atoms in total. The molecule has 0 aliphatic carbocycles. The number of aromatic nitrogens is 2. The van der Waals surface area contributed by atoms with Crippen molar-refractivity contribution in [1.82, 2.24) is 9.97 Å². The van der Waals surface area contributed by atoms with Gasteiger partial charge in [-0.1, -0.05) is 50.2 Å². The molecule has 1 aromatic carbocycles. The molecule has 0 radical (unpaired) electrons. The molecule has 0 saturated heterocycles. The van der Waals surface area contributed by atoms with Gasteiger partial charge >= 0.3 is 0 Å². The van der Waals surface area contributed by atoms with Crippen molar-refractivity contribution >= 4 is 0 Å². The maximum atomic E-state index is 4.61. The van der Waals surface area contributed by atoms with Gasteiger partial charge in [-0.25, -0.2) is 0 Å². The van der Waals surface area contributed by atoms with Crippen LogP contribution in [0.3, 0.4) is 0 Å². The van der Waals surface area contributed by atoms with Gasteiger partial charge in [0.1, 0.15) is 0 Å². The normalized spacial score (nSPS) is 10.8. The van der Waals surface area contributed by atoms with Gasteiger partial charge in [-0.2, -0.15) is 0 Å². The summed E-state index contributed by atoms with van der Waals surface area (Å²) in [6.07, 6.45) is 3.69. The van der Waals surface area contributed by atoms with Gasteiger partial charge in [0.15, 0.2) is 0 Å². The van der Waals surface area contributed by atoms with E-state index in [9.17, 15) is 0 Å². The standard InChI is InChI=1S/C19H18N2/c1-14(2)16-11-13-21-19(17-10-6-7-12-20-17)18(16)15-8-4-3-5-9-15/h3-14H,1-2H3. The summed E-state index contributed by atoms with van der Waals surface area (Å²) in [7, 11) is 0. The van der Waals surface area contributed by atoms with E-state index >= 15 is 0 Å². The number of rotatable bonds is 3. The van der Waals surface area contributed by atoms with Crippen molar-refractivity contribution in [1.29, 1.82) is 0 Å². The third-order valence-corrected chi connectivity index (χ3v) is 3.58. The van der Waals surface area contributed by atoms with Crippen molar-refractivity contribution in [2.24, 2.45) is 0 Å². The summed E-state index contributed by atoms with van der Waals surface area (Å²) >= 11 is 0. The molecule has 2 heteroatoms. The van der Waals surface area contributed by atoms with E-state index in [0.717, 1.165) is 11.4 Å². The second kappa shape index (κ2) is 5.88. The summed E-state index contributed by atoms with van der Waals surface area (Å²) in [5.41, 5.74) is 5.55. The second-order valence-corrected chi connectivity index (χ2v) is 5.36. The summed E-state index contributed by atoms with van der Waals surface area (Å²) in [4.78, 5) is 9.08. The summed E-state index contributed by atoms with van der Waals surface area (Å²) in [6.45, 7) is 4.42. The van der Waals surface area contributed by atoms with E-state index in [0.29, 0.717) is 5.92 Å². The Labute approximate surface area is 125 Å². The molecule has 0 N–H and O–H groups in total. The Hall–Kier alpha value is -2.48. The van der Waals surface area contributed by atoms with Crippen LogP contribution in [0.5, 0.6) is 0 Å². The molecule has 104 valence electrons.